The smallest absolute Gasteiger partial charge is 0.123 e. The normalized spacial score (nSPS) is 13.9. The molecule has 0 bridgehead atoms. The average molecular weight is 356 g/mol. The summed E-state index contributed by atoms with van der Waals surface area (Å²) >= 11 is 0. The van der Waals surface area contributed by atoms with E-state index in [2.05, 4.69) is 37.9 Å². The number of halogens is 1. The Hall–Kier alpha value is -3.07. The topological polar surface area (TPSA) is 25.2 Å². The van der Waals surface area contributed by atoms with Gasteiger partial charge < -0.3 is 0 Å². The molecule has 0 unspecified atom stereocenters. The van der Waals surface area contributed by atoms with Crippen LogP contribution in [0, 0.1) is 26.6 Å². The Balaban J connectivity index is 1.83. The molecule has 0 aliphatic carbocycles. The van der Waals surface area contributed by atoms with Crippen LogP contribution in [0.2, 0.25) is 0 Å². The van der Waals surface area contributed by atoms with Gasteiger partial charge in [0.25, 0.3) is 0 Å². The number of aliphatic imine (C=N–C) groups is 1. The van der Waals surface area contributed by atoms with Gasteiger partial charge in [-0.3, -0.25) is 9.98 Å². The van der Waals surface area contributed by atoms with Gasteiger partial charge in [-0.1, -0.05) is 0 Å². The molecule has 1 aliphatic rings. The maximum absolute atomic E-state index is 13.4. The molecule has 134 valence electrons. The van der Waals surface area contributed by atoms with Crippen molar-refractivity contribution in [2.45, 2.75) is 27.2 Å². The summed E-state index contributed by atoms with van der Waals surface area (Å²) in [6, 6.07) is 15.0. The Morgan fingerprint density at radius 3 is 2.04 bits per heavy atom. The molecule has 4 rings (SSSR count). The monoisotopic (exact) mass is 356 g/mol. The minimum absolute atomic E-state index is 0.239. The maximum Gasteiger partial charge on any atom is 0.123 e. The van der Waals surface area contributed by atoms with Crippen LogP contribution in [-0.2, 0) is 0 Å². The second-order valence-electron chi connectivity index (χ2n) is 7.04. The van der Waals surface area contributed by atoms with Crippen LogP contribution >= 0.6 is 0 Å². The van der Waals surface area contributed by atoms with E-state index in [-0.39, 0.29) is 5.82 Å². The van der Waals surface area contributed by atoms with Crippen molar-refractivity contribution in [3.8, 4) is 0 Å². The summed E-state index contributed by atoms with van der Waals surface area (Å²) in [5.74, 6) is -0.239. The van der Waals surface area contributed by atoms with E-state index >= 15 is 0 Å². The highest BCUT2D eigenvalue weighted by molar-refractivity contribution is 6.17. The van der Waals surface area contributed by atoms with Gasteiger partial charge >= 0.3 is 0 Å². The number of aromatic nitrogens is 1. The molecule has 27 heavy (non-hydrogen) atoms. The molecule has 0 amide bonds. The van der Waals surface area contributed by atoms with Gasteiger partial charge in [0, 0.05) is 24.4 Å². The Morgan fingerprint density at radius 2 is 1.41 bits per heavy atom. The van der Waals surface area contributed by atoms with Crippen molar-refractivity contribution >= 4 is 17.0 Å². The molecular weight excluding hydrogens is 335 g/mol. The molecule has 0 radical (unpaired) electrons. The lowest BCUT2D eigenvalue weighted by molar-refractivity contribution is 0.627. The van der Waals surface area contributed by atoms with Gasteiger partial charge in [0.1, 0.15) is 5.82 Å². The average Bonchev–Trinajstić information content (AvgIpc) is 3.12. The molecule has 0 N–H and O–H groups in total. The summed E-state index contributed by atoms with van der Waals surface area (Å²) in [5.41, 5.74) is 10.1. The number of aryl methyl sites for hydroxylation is 2. The Morgan fingerprint density at radius 1 is 0.778 bits per heavy atom. The number of nitrogens with zero attached hydrogens (tertiary/aromatic N) is 2. The molecule has 1 aromatic heterocycles. The number of rotatable bonds is 3. The van der Waals surface area contributed by atoms with Crippen LogP contribution in [0.4, 0.5) is 4.39 Å². The molecule has 3 heteroatoms. The highest BCUT2D eigenvalue weighted by Gasteiger charge is 2.22. The molecule has 0 saturated heterocycles. The molecule has 2 aromatic carbocycles. The van der Waals surface area contributed by atoms with Crippen LogP contribution in [0.3, 0.4) is 0 Å². The number of benzene rings is 2. The van der Waals surface area contributed by atoms with Crippen LogP contribution < -0.4 is 0 Å². The molecule has 0 atom stereocenters. The van der Waals surface area contributed by atoms with Gasteiger partial charge in [-0.2, -0.15) is 0 Å². The lowest BCUT2D eigenvalue weighted by Gasteiger charge is -2.09. The minimum atomic E-state index is -0.239. The van der Waals surface area contributed by atoms with Crippen LogP contribution in [-0.4, -0.2) is 10.7 Å². The molecule has 0 fully saturated rings. The number of hydrogen-bond acceptors (Lipinski definition) is 2. The molecule has 1 aliphatic heterocycles. The fraction of sp³-hybridized carbons (Fsp3) is 0.167. The van der Waals surface area contributed by atoms with Gasteiger partial charge in [0.05, 0.1) is 11.4 Å². The van der Waals surface area contributed by atoms with E-state index in [0.717, 1.165) is 40.1 Å². The fourth-order valence-corrected chi connectivity index (χ4v) is 3.50. The van der Waals surface area contributed by atoms with Crippen LogP contribution in [0.1, 0.15) is 39.8 Å². The number of hydrogen-bond donors (Lipinski definition) is 0. The third kappa shape index (κ3) is 3.33. The maximum atomic E-state index is 13.4. The van der Waals surface area contributed by atoms with Gasteiger partial charge in [0.15, 0.2) is 0 Å². The quantitative estimate of drug-likeness (QED) is 0.573. The standard InChI is InChI=1S/C24H21FN2/c1-15-12-20(13-16(2)17(15)3)23-14-22(18-8-10-26-11-9-18)24(27-23)19-4-6-21(25)7-5-19/h4-13H,14H2,1-3H3. The van der Waals surface area contributed by atoms with Crippen LogP contribution in [0.15, 0.2) is 65.9 Å². The van der Waals surface area contributed by atoms with Crippen molar-refractivity contribution in [1.82, 2.24) is 4.98 Å². The summed E-state index contributed by atoms with van der Waals surface area (Å²) in [5, 5.41) is 0. The summed E-state index contributed by atoms with van der Waals surface area (Å²) in [7, 11) is 0. The molecular formula is C24H21FN2. The van der Waals surface area contributed by atoms with E-state index in [1.165, 1.54) is 28.8 Å². The zero-order valence-electron chi connectivity index (χ0n) is 15.8. The minimum Gasteiger partial charge on any atom is -0.265 e. The third-order valence-corrected chi connectivity index (χ3v) is 5.28. The van der Waals surface area contributed by atoms with E-state index < -0.39 is 0 Å². The van der Waals surface area contributed by atoms with Crippen LogP contribution in [0.25, 0.3) is 11.3 Å². The van der Waals surface area contributed by atoms with Crippen molar-refractivity contribution in [1.29, 1.82) is 0 Å². The van der Waals surface area contributed by atoms with E-state index in [0.29, 0.717) is 0 Å². The van der Waals surface area contributed by atoms with Crippen LogP contribution in [0.5, 0.6) is 0 Å². The van der Waals surface area contributed by atoms with E-state index in [1.54, 1.807) is 24.5 Å². The number of pyridine rings is 1. The van der Waals surface area contributed by atoms with Gasteiger partial charge in [-0.25, -0.2) is 4.39 Å². The van der Waals surface area contributed by atoms with Gasteiger partial charge in [-0.05, 0) is 103 Å². The van der Waals surface area contributed by atoms with E-state index in [1.807, 2.05) is 12.1 Å². The van der Waals surface area contributed by atoms with Crippen molar-refractivity contribution in [2.24, 2.45) is 4.99 Å². The summed E-state index contributed by atoms with van der Waals surface area (Å²) in [4.78, 5) is 9.11. The number of allylic oxidation sites excluding steroid dienone is 1. The fourth-order valence-electron chi connectivity index (χ4n) is 3.50. The second-order valence-corrected chi connectivity index (χ2v) is 7.04. The summed E-state index contributed by atoms with van der Waals surface area (Å²) in [6.07, 6.45) is 4.34. The molecule has 3 aromatic rings. The zero-order chi connectivity index (χ0) is 19.0. The van der Waals surface area contributed by atoms with Crippen molar-refractivity contribution in [3.63, 3.8) is 0 Å². The first-order valence-corrected chi connectivity index (χ1v) is 9.08. The first-order chi connectivity index (χ1) is 13.0. The van der Waals surface area contributed by atoms with Gasteiger partial charge in [-0.15, -0.1) is 0 Å². The molecule has 0 saturated carbocycles. The van der Waals surface area contributed by atoms with Crippen molar-refractivity contribution in [3.05, 3.63) is 100 Å². The zero-order valence-corrected chi connectivity index (χ0v) is 15.8. The molecule has 2 heterocycles. The first-order valence-electron chi connectivity index (χ1n) is 9.08. The van der Waals surface area contributed by atoms with Crippen molar-refractivity contribution in [2.75, 3.05) is 0 Å². The lowest BCUT2D eigenvalue weighted by atomic mass is 9.94. The summed E-state index contributed by atoms with van der Waals surface area (Å²) < 4.78 is 13.4. The predicted molar refractivity (Wildman–Crippen MR) is 109 cm³/mol. The highest BCUT2D eigenvalue weighted by atomic mass is 19.1. The Bertz CT molecular complexity index is 1040. The molecule has 0 spiro atoms. The van der Waals surface area contributed by atoms with E-state index in [9.17, 15) is 4.39 Å². The lowest BCUT2D eigenvalue weighted by Crippen LogP contribution is -2.01. The van der Waals surface area contributed by atoms with E-state index in [4.69, 9.17) is 4.99 Å². The second kappa shape index (κ2) is 6.92. The van der Waals surface area contributed by atoms with Gasteiger partial charge in [0.2, 0.25) is 0 Å². The Labute approximate surface area is 159 Å². The summed E-state index contributed by atoms with van der Waals surface area (Å²) in [6.45, 7) is 6.42. The highest BCUT2D eigenvalue weighted by Crippen LogP contribution is 2.37. The largest absolute Gasteiger partial charge is 0.265 e. The third-order valence-electron chi connectivity index (χ3n) is 5.28. The molecule has 2 nitrogen and oxygen atoms in total. The first kappa shape index (κ1) is 17.3. The van der Waals surface area contributed by atoms with Crippen molar-refractivity contribution < 1.29 is 4.39 Å². The Kier molecular flexibility index (Phi) is 4.44. The predicted octanol–water partition coefficient (Wildman–Crippen LogP) is 5.91. The SMILES string of the molecule is Cc1cc(C2=NC(c3ccc(F)cc3)=C(c3ccncc3)C2)cc(C)c1C.